The summed E-state index contributed by atoms with van der Waals surface area (Å²) in [5, 5.41) is 3.79. The molecule has 3 rings (SSSR count). The molecule has 1 unspecified atom stereocenters. The number of halogens is 1. The van der Waals surface area contributed by atoms with Crippen LogP contribution in [0.25, 0.3) is 11.4 Å². The van der Waals surface area contributed by atoms with E-state index in [9.17, 15) is 0 Å². The summed E-state index contributed by atoms with van der Waals surface area (Å²) in [7, 11) is 1.60. The maximum absolute atomic E-state index is 5.70. The lowest BCUT2D eigenvalue weighted by atomic mass is 10.1. The molecule has 0 N–H and O–H groups in total. The van der Waals surface area contributed by atoms with Crippen LogP contribution in [0, 0.1) is 0 Å². The van der Waals surface area contributed by atoms with Crippen LogP contribution in [0.3, 0.4) is 0 Å². The maximum Gasteiger partial charge on any atom is 0.320 e. The summed E-state index contributed by atoms with van der Waals surface area (Å²) in [5.41, 5.74) is 1.83. The molecule has 0 amide bonds. The summed E-state index contributed by atoms with van der Waals surface area (Å²) in [5.74, 6) is 1.91. The zero-order valence-corrected chi connectivity index (χ0v) is 10.7. The number of fused-ring (bicyclic) bond motifs is 1. The van der Waals surface area contributed by atoms with Gasteiger partial charge in [0.15, 0.2) is 0 Å². The Hall–Kier alpha value is -1.75. The molecule has 2 aromatic rings. The Morgan fingerprint density at radius 3 is 2.94 bits per heavy atom. The van der Waals surface area contributed by atoms with Crippen molar-refractivity contribution in [1.29, 1.82) is 0 Å². The molecule has 0 aliphatic carbocycles. The molecule has 1 atom stereocenters. The molecule has 5 nitrogen and oxygen atoms in total. The summed E-state index contributed by atoms with van der Waals surface area (Å²) in [4.78, 5) is 3.99. The number of nitrogens with zero attached hydrogens (tertiary/aromatic N) is 2. The summed E-state index contributed by atoms with van der Waals surface area (Å²) >= 11 is 5.63. The van der Waals surface area contributed by atoms with Gasteiger partial charge in [-0.1, -0.05) is 5.16 Å². The Balaban J connectivity index is 2.12. The van der Waals surface area contributed by atoms with E-state index >= 15 is 0 Å². The average molecular weight is 267 g/mol. The first kappa shape index (κ1) is 11.3. The quantitative estimate of drug-likeness (QED) is 0.836. The van der Waals surface area contributed by atoms with E-state index in [1.807, 2.05) is 19.1 Å². The van der Waals surface area contributed by atoms with E-state index in [0.29, 0.717) is 17.1 Å². The largest absolute Gasteiger partial charge is 0.496 e. The van der Waals surface area contributed by atoms with Gasteiger partial charge in [-0.25, -0.2) is 0 Å². The number of rotatable bonds is 2. The van der Waals surface area contributed by atoms with Gasteiger partial charge in [0.2, 0.25) is 5.82 Å². The fourth-order valence-corrected chi connectivity index (χ4v) is 2.21. The van der Waals surface area contributed by atoms with Crippen LogP contribution in [0.5, 0.6) is 11.5 Å². The van der Waals surface area contributed by atoms with Crippen molar-refractivity contribution < 1.29 is 14.0 Å². The number of ether oxygens (including phenoxy) is 2. The lowest BCUT2D eigenvalue weighted by molar-refractivity contribution is 0.254. The summed E-state index contributed by atoms with van der Waals surface area (Å²) in [6.45, 7) is 2.03. The van der Waals surface area contributed by atoms with Crippen molar-refractivity contribution in [2.24, 2.45) is 0 Å². The maximum atomic E-state index is 5.70. The molecule has 1 aliphatic rings. The minimum atomic E-state index is 0.00170. The fraction of sp³-hybridized carbons (Fsp3) is 0.333. The third kappa shape index (κ3) is 1.80. The van der Waals surface area contributed by atoms with Gasteiger partial charge in [0.25, 0.3) is 0 Å². The molecule has 6 heteroatoms. The van der Waals surface area contributed by atoms with Crippen molar-refractivity contribution in [3.8, 4) is 22.9 Å². The topological polar surface area (TPSA) is 57.4 Å². The molecule has 0 saturated carbocycles. The lowest BCUT2D eigenvalue weighted by Crippen LogP contribution is -2.05. The van der Waals surface area contributed by atoms with Crippen molar-refractivity contribution >= 4 is 11.6 Å². The van der Waals surface area contributed by atoms with Gasteiger partial charge in [0.1, 0.15) is 17.6 Å². The van der Waals surface area contributed by atoms with Gasteiger partial charge < -0.3 is 14.0 Å². The van der Waals surface area contributed by atoms with E-state index in [1.54, 1.807) is 7.11 Å². The van der Waals surface area contributed by atoms with Crippen LogP contribution in [0.4, 0.5) is 0 Å². The van der Waals surface area contributed by atoms with E-state index in [-0.39, 0.29) is 11.5 Å². The van der Waals surface area contributed by atoms with E-state index in [0.717, 1.165) is 17.7 Å². The molecule has 0 radical (unpaired) electrons. The van der Waals surface area contributed by atoms with Crippen molar-refractivity contribution in [2.45, 2.75) is 19.4 Å². The summed E-state index contributed by atoms with van der Waals surface area (Å²) in [6, 6.07) is 3.80. The van der Waals surface area contributed by atoms with Crippen LogP contribution in [0.2, 0.25) is 5.35 Å². The van der Waals surface area contributed by atoms with Crippen LogP contribution < -0.4 is 9.47 Å². The molecule has 0 spiro atoms. The van der Waals surface area contributed by atoms with E-state index < -0.39 is 0 Å². The first-order valence-corrected chi connectivity index (χ1v) is 5.92. The molecule has 0 saturated heterocycles. The third-order valence-electron chi connectivity index (χ3n) is 2.86. The molecule has 1 aliphatic heterocycles. The Morgan fingerprint density at radius 2 is 2.28 bits per heavy atom. The number of aromatic nitrogens is 2. The first-order valence-electron chi connectivity index (χ1n) is 5.54. The molecule has 1 aromatic heterocycles. The van der Waals surface area contributed by atoms with Crippen molar-refractivity contribution in [3.05, 3.63) is 23.0 Å². The second kappa shape index (κ2) is 4.17. The molecule has 1 aromatic carbocycles. The molecule has 0 fully saturated rings. The molecule has 2 heterocycles. The van der Waals surface area contributed by atoms with Crippen molar-refractivity contribution in [2.75, 3.05) is 7.11 Å². The first-order chi connectivity index (χ1) is 8.67. The second-order valence-corrected chi connectivity index (χ2v) is 4.49. The van der Waals surface area contributed by atoms with E-state index in [2.05, 4.69) is 10.1 Å². The smallest absolute Gasteiger partial charge is 0.320 e. The second-order valence-electron chi connectivity index (χ2n) is 4.16. The fourth-order valence-electron chi connectivity index (χ4n) is 2.10. The van der Waals surface area contributed by atoms with E-state index in [4.69, 9.17) is 25.6 Å². The minimum Gasteiger partial charge on any atom is -0.496 e. The predicted octanol–water partition coefficient (Wildman–Crippen LogP) is 2.72. The number of methoxy groups -OCH3 is 1. The standard InChI is InChI=1S/C12H11ClN2O3/c1-6-3-7-4-10(16-2)8(5-9(7)17-6)11-14-12(13)18-15-11/h4-6H,3H2,1-2H3. The van der Waals surface area contributed by atoms with Crippen LogP contribution >= 0.6 is 11.6 Å². The van der Waals surface area contributed by atoms with Crippen molar-refractivity contribution in [1.82, 2.24) is 10.1 Å². The van der Waals surface area contributed by atoms with Crippen LogP contribution in [0.1, 0.15) is 12.5 Å². The number of hydrogen-bond acceptors (Lipinski definition) is 5. The Kier molecular flexibility index (Phi) is 2.63. The molecular formula is C12H11ClN2O3. The summed E-state index contributed by atoms with van der Waals surface area (Å²) in [6.07, 6.45) is 1.05. The van der Waals surface area contributed by atoms with Crippen LogP contribution in [-0.4, -0.2) is 23.4 Å². The van der Waals surface area contributed by atoms with Gasteiger partial charge in [-0.05, 0) is 30.7 Å². The predicted molar refractivity (Wildman–Crippen MR) is 65.1 cm³/mol. The highest BCUT2D eigenvalue weighted by molar-refractivity contribution is 6.27. The number of benzene rings is 1. The summed E-state index contributed by atoms with van der Waals surface area (Å²) < 4.78 is 15.8. The Bertz CT molecular complexity index is 597. The van der Waals surface area contributed by atoms with Gasteiger partial charge in [-0.2, -0.15) is 4.98 Å². The Labute approximate surface area is 109 Å². The highest BCUT2D eigenvalue weighted by Crippen LogP contribution is 2.39. The van der Waals surface area contributed by atoms with Crippen LogP contribution in [-0.2, 0) is 6.42 Å². The van der Waals surface area contributed by atoms with Gasteiger partial charge in [-0.3, -0.25) is 0 Å². The van der Waals surface area contributed by atoms with Crippen LogP contribution in [0.15, 0.2) is 16.7 Å². The highest BCUT2D eigenvalue weighted by atomic mass is 35.5. The number of hydrogen-bond donors (Lipinski definition) is 0. The third-order valence-corrected chi connectivity index (χ3v) is 3.01. The SMILES string of the molecule is COc1cc2c(cc1-c1noc(Cl)n1)OC(C)C2. The van der Waals surface area contributed by atoms with Crippen molar-refractivity contribution in [3.63, 3.8) is 0 Å². The molecule has 18 heavy (non-hydrogen) atoms. The molecule has 0 bridgehead atoms. The van der Waals surface area contributed by atoms with Gasteiger partial charge >= 0.3 is 5.35 Å². The normalized spacial score (nSPS) is 17.4. The molecular weight excluding hydrogens is 256 g/mol. The zero-order chi connectivity index (χ0) is 12.7. The monoisotopic (exact) mass is 266 g/mol. The van der Waals surface area contributed by atoms with Gasteiger partial charge in [0.05, 0.1) is 12.7 Å². The average Bonchev–Trinajstić information content (AvgIpc) is 2.91. The Morgan fingerprint density at radius 1 is 1.44 bits per heavy atom. The molecule has 94 valence electrons. The van der Waals surface area contributed by atoms with Gasteiger partial charge in [0, 0.05) is 12.0 Å². The highest BCUT2D eigenvalue weighted by Gasteiger charge is 2.23. The van der Waals surface area contributed by atoms with Gasteiger partial charge in [-0.15, -0.1) is 0 Å². The minimum absolute atomic E-state index is 0.00170. The zero-order valence-electron chi connectivity index (χ0n) is 9.94. The lowest BCUT2D eigenvalue weighted by Gasteiger charge is -2.08. The van der Waals surface area contributed by atoms with E-state index in [1.165, 1.54) is 0 Å².